The van der Waals surface area contributed by atoms with Crippen LogP contribution in [0, 0.1) is 6.92 Å². The first-order valence-electron chi connectivity index (χ1n) is 8.16. The van der Waals surface area contributed by atoms with E-state index >= 15 is 0 Å². The van der Waals surface area contributed by atoms with Crippen LogP contribution in [0.15, 0.2) is 23.1 Å². The lowest BCUT2D eigenvalue weighted by atomic mass is 10.1. The molecule has 6 nitrogen and oxygen atoms in total. The maximum atomic E-state index is 13.0. The van der Waals surface area contributed by atoms with E-state index in [2.05, 4.69) is 5.32 Å². The third-order valence-electron chi connectivity index (χ3n) is 4.76. The van der Waals surface area contributed by atoms with Crippen LogP contribution in [0.2, 0.25) is 5.02 Å². The first-order chi connectivity index (χ1) is 11.4. The van der Waals surface area contributed by atoms with Gasteiger partial charge in [-0.3, -0.25) is 4.79 Å². The second-order valence-corrected chi connectivity index (χ2v) is 8.60. The van der Waals surface area contributed by atoms with E-state index in [4.69, 9.17) is 11.6 Å². The summed E-state index contributed by atoms with van der Waals surface area (Å²) < 4.78 is 27.5. The van der Waals surface area contributed by atoms with Crippen molar-refractivity contribution in [2.75, 3.05) is 32.7 Å². The number of hydrogen-bond acceptors (Lipinski definition) is 4. The van der Waals surface area contributed by atoms with Gasteiger partial charge in [0.25, 0.3) is 0 Å². The van der Waals surface area contributed by atoms with Crippen LogP contribution in [0.3, 0.4) is 0 Å². The van der Waals surface area contributed by atoms with Gasteiger partial charge in [0.05, 0.1) is 11.4 Å². The molecular weight excluding hydrogens is 385 g/mol. The molecule has 1 aromatic rings. The SMILES string of the molecule is Cc1c(Cl)cccc1S(=O)(=O)N1CCCC(N2CCNCC2=O)C1.Cl. The minimum absolute atomic E-state index is 0. The number of carbonyl (C=O) groups is 1. The van der Waals surface area contributed by atoms with Crippen molar-refractivity contribution in [2.24, 2.45) is 0 Å². The molecule has 140 valence electrons. The van der Waals surface area contributed by atoms with E-state index < -0.39 is 10.0 Å². The summed E-state index contributed by atoms with van der Waals surface area (Å²) in [5.41, 5.74) is 0.569. The summed E-state index contributed by atoms with van der Waals surface area (Å²) >= 11 is 6.09. The van der Waals surface area contributed by atoms with Gasteiger partial charge in [-0.25, -0.2) is 8.42 Å². The van der Waals surface area contributed by atoms with Gasteiger partial charge in [-0.15, -0.1) is 12.4 Å². The Labute approximate surface area is 160 Å². The largest absolute Gasteiger partial charge is 0.336 e. The Hall–Kier alpha value is -0.860. The fraction of sp³-hybridized carbons (Fsp3) is 0.562. The third-order valence-corrected chi connectivity index (χ3v) is 7.18. The van der Waals surface area contributed by atoms with E-state index in [1.165, 1.54) is 4.31 Å². The number of amides is 1. The van der Waals surface area contributed by atoms with Gasteiger partial charge in [0.15, 0.2) is 0 Å². The molecule has 1 atom stereocenters. The average Bonchev–Trinajstić information content (AvgIpc) is 2.58. The van der Waals surface area contributed by atoms with Crippen LogP contribution < -0.4 is 5.32 Å². The Kier molecular flexibility index (Phi) is 6.73. The van der Waals surface area contributed by atoms with Gasteiger partial charge in [-0.05, 0) is 37.5 Å². The molecule has 2 saturated heterocycles. The number of carbonyl (C=O) groups excluding carboxylic acids is 1. The van der Waals surface area contributed by atoms with Crippen molar-refractivity contribution in [3.8, 4) is 0 Å². The summed E-state index contributed by atoms with van der Waals surface area (Å²) in [5.74, 6) is 0.0458. The smallest absolute Gasteiger partial charge is 0.243 e. The molecule has 9 heteroatoms. The Bertz CT molecular complexity index is 742. The highest BCUT2D eigenvalue weighted by atomic mass is 35.5. The number of nitrogens with one attached hydrogen (secondary N) is 1. The normalized spacial score (nSPS) is 22.6. The van der Waals surface area contributed by atoms with E-state index in [-0.39, 0.29) is 29.3 Å². The third kappa shape index (κ3) is 4.11. The Morgan fingerprint density at radius 3 is 2.76 bits per heavy atom. The number of piperazine rings is 1. The molecule has 1 aromatic carbocycles. The second-order valence-electron chi connectivity index (χ2n) is 6.29. The lowest BCUT2D eigenvalue weighted by Gasteiger charge is -2.40. The van der Waals surface area contributed by atoms with Crippen molar-refractivity contribution < 1.29 is 13.2 Å². The summed E-state index contributed by atoms with van der Waals surface area (Å²) in [5, 5.41) is 3.49. The van der Waals surface area contributed by atoms with Gasteiger partial charge in [0, 0.05) is 37.2 Å². The Balaban J connectivity index is 0.00000225. The van der Waals surface area contributed by atoms with Crippen LogP contribution >= 0.6 is 24.0 Å². The predicted molar refractivity (Wildman–Crippen MR) is 99.8 cm³/mol. The van der Waals surface area contributed by atoms with Crippen LogP contribution in [0.4, 0.5) is 0 Å². The lowest BCUT2D eigenvalue weighted by Crippen LogP contribution is -2.57. The van der Waals surface area contributed by atoms with Crippen LogP contribution in [-0.4, -0.2) is 62.3 Å². The second kappa shape index (κ2) is 8.22. The van der Waals surface area contributed by atoms with Crippen LogP contribution in [0.5, 0.6) is 0 Å². The highest BCUT2D eigenvalue weighted by Gasteiger charge is 2.35. The van der Waals surface area contributed by atoms with Gasteiger partial charge >= 0.3 is 0 Å². The summed E-state index contributed by atoms with van der Waals surface area (Å²) in [7, 11) is -3.61. The number of rotatable bonds is 3. The molecule has 1 unspecified atom stereocenters. The van der Waals surface area contributed by atoms with Crippen LogP contribution in [0.25, 0.3) is 0 Å². The van der Waals surface area contributed by atoms with Gasteiger partial charge in [0.2, 0.25) is 15.9 Å². The van der Waals surface area contributed by atoms with E-state index in [9.17, 15) is 13.2 Å². The first-order valence-corrected chi connectivity index (χ1v) is 9.98. The lowest BCUT2D eigenvalue weighted by molar-refractivity contribution is -0.135. The Morgan fingerprint density at radius 2 is 2.04 bits per heavy atom. The van der Waals surface area contributed by atoms with Gasteiger partial charge in [0.1, 0.15) is 0 Å². The van der Waals surface area contributed by atoms with Crippen molar-refractivity contribution in [1.29, 1.82) is 0 Å². The van der Waals surface area contributed by atoms with Gasteiger partial charge in [-0.2, -0.15) is 4.31 Å². The molecule has 25 heavy (non-hydrogen) atoms. The number of piperidine rings is 1. The van der Waals surface area contributed by atoms with Crippen LogP contribution in [-0.2, 0) is 14.8 Å². The zero-order valence-electron chi connectivity index (χ0n) is 14.1. The molecule has 0 aliphatic carbocycles. The van der Waals surface area contributed by atoms with Crippen molar-refractivity contribution in [3.63, 3.8) is 0 Å². The maximum Gasteiger partial charge on any atom is 0.243 e. The minimum atomic E-state index is -3.61. The molecular formula is C16H23Cl2N3O3S. The molecule has 2 aliphatic heterocycles. The van der Waals surface area contributed by atoms with Crippen molar-refractivity contribution in [2.45, 2.75) is 30.7 Å². The number of hydrogen-bond donors (Lipinski definition) is 1. The van der Waals surface area contributed by atoms with E-state index in [0.29, 0.717) is 36.8 Å². The highest BCUT2D eigenvalue weighted by molar-refractivity contribution is 7.89. The minimum Gasteiger partial charge on any atom is -0.336 e. The quantitative estimate of drug-likeness (QED) is 0.826. The summed E-state index contributed by atoms with van der Waals surface area (Å²) in [6.07, 6.45) is 1.59. The molecule has 3 rings (SSSR count). The monoisotopic (exact) mass is 407 g/mol. The topological polar surface area (TPSA) is 69.7 Å². The molecule has 2 aliphatic rings. The molecule has 0 radical (unpaired) electrons. The fourth-order valence-corrected chi connectivity index (χ4v) is 5.40. The fourth-order valence-electron chi connectivity index (χ4n) is 3.41. The molecule has 1 amide bonds. The zero-order chi connectivity index (χ0) is 17.3. The molecule has 1 N–H and O–H groups in total. The first kappa shape index (κ1) is 20.5. The summed E-state index contributed by atoms with van der Waals surface area (Å²) in [6, 6.07) is 4.89. The Morgan fingerprint density at radius 1 is 1.28 bits per heavy atom. The molecule has 0 aromatic heterocycles. The molecule has 2 heterocycles. The van der Waals surface area contributed by atoms with Gasteiger partial charge < -0.3 is 10.2 Å². The maximum absolute atomic E-state index is 13.0. The summed E-state index contributed by atoms with van der Waals surface area (Å²) in [4.78, 5) is 14.2. The molecule has 0 spiro atoms. The molecule has 0 saturated carbocycles. The van der Waals surface area contributed by atoms with E-state index in [0.717, 1.165) is 19.4 Å². The average molecular weight is 408 g/mol. The molecule has 2 fully saturated rings. The van der Waals surface area contributed by atoms with Crippen LogP contribution in [0.1, 0.15) is 18.4 Å². The predicted octanol–water partition coefficient (Wildman–Crippen LogP) is 1.66. The van der Waals surface area contributed by atoms with Crippen molar-refractivity contribution in [3.05, 3.63) is 28.8 Å². The van der Waals surface area contributed by atoms with E-state index in [1.54, 1.807) is 25.1 Å². The van der Waals surface area contributed by atoms with Crippen molar-refractivity contribution in [1.82, 2.24) is 14.5 Å². The summed E-state index contributed by atoms with van der Waals surface area (Å²) in [6.45, 7) is 4.26. The number of sulfonamides is 1. The molecule has 0 bridgehead atoms. The standard InChI is InChI=1S/C16H22ClN3O3S.ClH/c1-12-14(17)5-2-6-15(12)24(22,23)19-8-3-4-13(11-19)20-9-7-18-10-16(20)21;/h2,5-6,13,18H,3-4,7-11H2,1H3;1H. The van der Waals surface area contributed by atoms with Crippen molar-refractivity contribution >= 4 is 39.9 Å². The number of benzene rings is 1. The number of halogens is 2. The van der Waals surface area contributed by atoms with E-state index in [1.807, 2.05) is 4.90 Å². The van der Waals surface area contributed by atoms with Gasteiger partial charge in [-0.1, -0.05) is 17.7 Å². The number of nitrogens with zero attached hydrogens (tertiary/aromatic N) is 2. The highest BCUT2D eigenvalue weighted by Crippen LogP contribution is 2.28. The zero-order valence-corrected chi connectivity index (χ0v) is 16.5.